The van der Waals surface area contributed by atoms with Crippen LogP contribution in [0.3, 0.4) is 0 Å². The summed E-state index contributed by atoms with van der Waals surface area (Å²) in [6, 6.07) is 6.42. The van der Waals surface area contributed by atoms with E-state index in [2.05, 4.69) is 0 Å². The van der Waals surface area contributed by atoms with Crippen molar-refractivity contribution in [3.05, 3.63) is 35.4 Å². The Morgan fingerprint density at radius 1 is 1.08 bits per heavy atom. The summed E-state index contributed by atoms with van der Waals surface area (Å²) in [6.45, 7) is 4.94. The SMILES string of the molecule is Cc1ccc(C(F)(F)C(C)C)cc1. The predicted octanol–water partition coefficient (Wildman–Crippen LogP) is 3.74. The van der Waals surface area contributed by atoms with Crippen molar-refractivity contribution in [1.82, 2.24) is 0 Å². The average molecular weight is 184 g/mol. The number of halogens is 2. The summed E-state index contributed by atoms with van der Waals surface area (Å²) in [4.78, 5) is 0. The fourth-order valence-corrected chi connectivity index (χ4v) is 1.11. The van der Waals surface area contributed by atoms with E-state index in [1.165, 1.54) is 26.0 Å². The first-order valence-electron chi connectivity index (χ1n) is 4.39. The first kappa shape index (κ1) is 10.2. The average Bonchev–Trinajstić information content (AvgIpc) is 2.04. The summed E-state index contributed by atoms with van der Waals surface area (Å²) in [7, 11) is 0. The van der Waals surface area contributed by atoms with E-state index in [4.69, 9.17) is 0 Å². The largest absolute Gasteiger partial charge is 0.275 e. The van der Waals surface area contributed by atoms with Crippen LogP contribution in [0.15, 0.2) is 24.3 Å². The molecule has 72 valence electrons. The van der Waals surface area contributed by atoms with Crippen molar-refractivity contribution in [3.8, 4) is 0 Å². The molecule has 0 spiro atoms. The molecule has 0 atom stereocenters. The monoisotopic (exact) mass is 184 g/mol. The Bertz CT molecular complexity index is 273. The summed E-state index contributed by atoms with van der Waals surface area (Å²) >= 11 is 0. The lowest BCUT2D eigenvalue weighted by Crippen LogP contribution is -2.20. The van der Waals surface area contributed by atoms with Crippen LogP contribution < -0.4 is 0 Å². The zero-order valence-corrected chi connectivity index (χ0v) is 8.14. The van der Waals surface area contributed by atoms with E-state index in [0.717, 1.165) is 5.56 Å². The second-order valence-electron chi connectivity index (χ2n) is 3.64. The Morgan fingerprint density at radius 3 is 1.92 bits per heavy atom. The van der Waals surface area contributed by atoms with Gasteiger partial charge in [0, 0.05) is 11.5 Å². The molecule has 1 aromatic carbocycles. The molecule has 0 nitrogen and oxygen atoms in total. The zero-order valence-electron chi connectivity index (χ0n) is 8.14. The number of alkyl halides is 2. The minimum Gasteiger partial charge on any atom is -0.201 e. The van der Waals surface area contributed by atoms with Crippen LogP contribution in [-0.4, -0.2) is 0 Å². The van der Waals surface area contributed by atoms with Crippen molar-refractivity contribution in [1.29, 1.82) is 0 Å². The fourth-order valence-electron chi connectivity index (χ4n) is 1.11. The van der Waals surface area contributed by atoms with Crippen molar-refractivity contribution >= 4 is 0 Å². The van der Waals surface area contributed by atoms with E-state index in [0.29, 0.717) is 0 Å². The topological polar surface area (TPSA) is 0 Å². The van der Waals surface area contributed by atoms with Gasteiger partial charge in [0.25, 0.3) is 5.92 Å². The van der Waals surface area contributed by atoms with Crippen LogP contribution in [0.2, 0.25) is 0 Å². The lowest BCUT2D eigenvalue weighted by atomic mass is 9.97. The Morgan fingerprint density at radius 2 is 1.54 bits per heavy atom. The first-order chi connectivity index (χ1) is 5.94. The molecule has 0 radical (unpaired) electrons. The highest BCUT2D eigenvalue weighted by Crippen LogP contribution is 2.35. The van der Waals surface area contributed by atoms with Gasteiger partial charge in [0.2, 0.25) is 0 Å². The minimum absolute atomic E-state index is 0.105. The maximum atomic E-state index is 13.4. The predicted molar refractivity (Wildman–Crippen MR) is 49.9 cm³/mol. The smallest absolute Gasteiger partial charge is 0.201 e. The van der Waals surface area contributed by atoms with Gasteiger partial charge in [-0.25, -0.2) is 8.78 Å². The van der Waals surface area contributed by atoms with E-state index < -0.39 is 11.8 Å². The maximum absolute atomic E-state index is 13.4. The Balaban J connectivity index is 3.01. The van der Waals surface area contributed by atoms with Crippen LogP contribution in [0.25, 0.3) is 0 Å². The summed E-state index contributed by atoms with van der Waals surface area (Å²) in [5.74, 6) is -3.37. The van der Waals surface area contributed by atoms with E-state index in [9.17, 15) is 8.78 Å². The number of hydrogen-bond acceptors (Lipinski definition) is 0. The van der Waals surface area contributed by atoms with Crippen LogP contribution in [0.5, 0.6) is 0 Å². The molecular weight excluding hydrogens is 170 g/mol. The van der Waals surface area contributed by atoms with Gasteiger partial charge in [-0.1, -0.05) is 43.7 Å². The van der Waals surface area contributed by atoms with Gasteiger partial charge in [0.1, 0.15) is 0 Å². The highest BCUT2D eigenvalue weighted by molar-refractivity contribution is 5.25. The van der Waals surface area contributed by atoms with Gasteiger partial charge in [-0.2, -0.15) is 0 Å². The molecule has 0 aliphatic heterocycles. The van der Waals surface area contributed by atoms with Gasteiger partial charge in [0.15, 0.2) is 0 Å². The third-order valence-corrected chi connectivity index (χ3v) is 2.16. The van der Waals surface area contributed by atoms with Crippen LogP contribution in [0.4, 0.5) is 8.78 Å². The standard InChI is InChI=1S/C11H14F2/c1-8(2)11(12,13)10-6-4-9(3)5-7-10/h4-8H,1-3H3. The van der Waals surface area contributed by atoms with Crippen LogP contribution in [-0.2, 0) is 5.92 Å². The minimum atomic E-state index is -2.71. The van der Waals surface area contributed by atoms with Crippen LogP contribution in [0, 0.1) is 12.8 Å². The molecule has 0 aromatic heterocycles. The van der Waals surface area contributed by atoms with E-state index in [-0.39, 0.29) is 5.56 Å². The number of hydrogen-bond donors (Lipinski definition) is 0. The fraction of sp³-hybridized carbons (Fsp3) is 0.455. The third-order valence-electron chi connectivity index (χ3n) is 2.16. The molecule has 0 saturated heterocycles. The second-order valence-corrected chi connectivity index (χ2v) is 3.64. The number of benzene rings is 1. The number of rotatable bonds is 2. The molecule has 0 heterocycles. The van der Waals surface area contributed by atoms with Crippen molar-refractivity contribution < 1.29 is 8.78 Å². The van der Waals surface area contributed by atoms with E-state index in [1.54, 1.807) is 12.1 Å². The third kappa shape index (κ3) is 2.06. The van der Waals surface area contributed by atoms with Crippen LogP contribution in [0.1, 0.15) is 25.0 Å². The van der Waals surface area contributed by atoms with E-state index >= 15 is 0 Å². The van der Waals surface area contributed by atoms with Crippen molar-refractivity contribution in [2.75, 3.05) is 0 Å². The van der Waals surface area contributed by atoms with Gasteiger partial charge in [-0.3, -0.25) is 0 Å². The molecule has 1 rings (SSSR count). The van der Waals surface area contributed by atoms with Crippen molar-refractivity contribution in [3.63, 3.8) is 0 Å². The summed E-state index contributed by atoms with van der Waals surface area (Å²) in [5, 5.41) is 0. The Labute approximate surface area is 77.6 Å². The molecule has 0 aliphatic carbocycles. The highest BCUT2D eigenvalue weighted by atomic mass is 19.3. The summed E-state index contributed by atoms with van der Waals surface area (Å²) in [5.41, 5.74) is 1.11. The van der Waals surface area contributed by atoms with Gasteiger partial charge >= 0.3 is 0 Å². The maximum Gasteiger partial charge on any atom is 0.275 e. The molecule has 0 unspecified atom stereocenters. The van der Waals surface area contributed by atoms with Crippen molar-refractivity contribution in [2.24, 2.45) is 5.92 Å². The second kappa shape index (κ2) is 3.44. The number of aryl methyl sites for hydroxylation is 1. The summed E-state index contributed by atoms with van der Waals surface area (Å²) in [6.07, 6.45) is 0. The van der Waals surface area contributed by atoms with Gasteiger partial charge in [-0.15, -0.1) is 0 Å². The lowest BCUT2D eigenvalue weighted by molar-refractivity contribution is -0.0513. The molecule has 0 fully saturated rings. The molecular formula is C11H14F2. The lowest BCUT2D eigenvalue weighted by Gasteiger charge is -2.20. The van der Waals surface area contributed by atoms with Crippen molar-refractivity contribution in [2.45, 2.75) is 26.7 Å². The highest BCUT2D eigenvalue weighted by Gasteiger charge is 2.35. The first-order valence-corrected chi connectivity index (χ1v) is 4.39. The molecule has 2 heteroatoms. The molecule has 0 aliphatic rings. The van der Waals surface area contributed by atoms with Gasteiger partial charge in [0.05, 0.1) is 0 Å². The van der Waals surface area contributed by atoms with E-state index in [1.807, 2.05) is 6.92 Å². The molecule has 1 aromatic rings. The van der Waals surface area contributed by atoms with Crippen LogP contribution >= 0.6 is 0 Å². The molecule has 0 amide bonds. The normalized spacial score (nSPS) is 12.2. The molecule has 0 saturated carbocycles. The molecule has 0 N–H and O–H groups in total. The summed E-state index contributed by atoms with van der Waals surface area (Å²) < 4.78 is 26.8. The molecule has 0 bridgehead atoms. The Hall–Kier alpha value is -0.920. The quantitative estimate of drug-likeness (QED) is 0.656. The van der Waals surface area contributed by atoms with Gasteiger partial charge in [-0.05, 0) is 6.92 Å². The zero-order chi connectivity index (χ0) is 10.1. The Kier molecular flexibility index (Phi) is 2.69. The van der Waals surface area contributed by atoms with Gasteiger partial charge < -0.3 is 0 Å². The molecule has 13 heavy (non-hydrogen) atoms.